The van der Waals surface area contributed by atoms with Crippen LogP contribution in [0.15, 0.2) is 30.3 Å². The molecular formula is C12H19NO4. The smallest absolute Gasteiger partial charge is 0.148 e. The quantitative estimate of drug-likeness (QED) is 0.485. The highest BCUT2D eigenvalue weighted by molar-refractivity contribution is 5.44. The molecule has 5 nitrogen and oxygen atoms in total. The Bertz CT molecular complexity index is 271. The van der Waals surface area contributed by atoms with E-state index in [1.807, 2.05) is 35.2 Å². The Morgan fingerprint density at radius 3 is 1.88 bits per heavy atom. The molecule has 0 bridgehead atoms. The predicted molar refractivity (Wildman–Crippen MR) is 64.6 cm³/mol. The van der Waals surface area contributed by atoms with Gasteiger partial charge in [-0.3, -0.25) is 0 Å². The first-order valence-electron chi connectivity index (χ1n) is 5.32. The molecule has 17 heavy (non-hydrogen) atoms. The number of hydrogen-bond donors (Lipinski definition) is 0. The van der Waals surface area contributed by atoms with E-state index in [4.69, 9.17) is 18.9 Å². The van der Waals surface area contributed by atoms with Gasteiger partial charge in [-0.2, -0.15) is 0 Å². The summed E-state index contributed by atoms with van der Waals surface area (Å²) in [6.45, 7) is 1.32. The van der Waals surface area contributed by atoms with Crippen molar-refractivity contribution in [3.05, 3.63) is 30.3 Å². The molecule has 0 radical (unpaired) electrons. The van der Waals surface area contributed by atoms with Crippen LogP contribution in [0.25, 0.3) is 0 Å². The minimum Gasteiger partial charge on any atom is -0.359 e. The summed E-state index contributed by atoms with van der Waals surface area (Å²) < 4.78 is 20.3. The van der Waals surface area contributed by atoms with Gasteiger partial charge in [-0.25, -0.2) is 0 Å². The van der Waals surface area contributed by atoms with Crippen molar-refractivity contribution in [1.29, 1.82) is 0 Å². The zero-order chi connectivity index (χ0) is 12.3. The number of methoxy groups -OCH3 is 2. The molecule has 0 amide bonds. The highest BCUT2D eigenvalue weighted by Gasteiger charge is 2.05. The first-order chi connectivity index (χ1) is 8.38. The second-order valence-electron chi connectivity index (χ2n) is 3.35. The Morgan fingerprint density at radius 2 is 1.41 bits per heavy atom. The molecule has 0 aromatic heterocycles. The first kappa shape index (κ1) is 13.9. The van der Waals surface area contributed by atoms with Crippen molar-refractivity contribution in [2.24, 2.45) is 0 Å². The first-order valence-corrected chi connectivity index (χ1v) is 5.32. The summed E-state index contributed by atoms with van der Waals surface area (Å²) in [5, 5.41) is 0. The van der Waals surface area contributed by atoms with E-state index in [9.17, 15) is 0 Å². The predicted octanol–water partition coefficient (Wildman–Crippen LogP) is 1.65. The monoisotopic (exact) mass is 241 g/mol. The lowest BCUT2D eigenvalue weighted by Gasteiger charge is -2.23. The van der Waals surface area contributed by atoms with Crippen LogP contribution < -0.4 is 4.90 Å². The minimum atomic E-state index is 0.258. The number of anilines is 1. The van der Waals surface area contributed by atoms with Crippen LogP contribution in [0.1, 0.15) is 0 Å². The van der Waals surface area contributed by atoms with Gasteiger partial charge in [0.1, 0.15) is 27.0 Å². The summed E-state index contributed by atoms with van der Waals surface area (Å²) in [5.41, 5.74) is 1.03. The number of nitrogens with zero attached hydrogens (tertiary/aromatic N) is 1. The summed E-state index contributed by atoms with van der Waals surface area (Å²) in [6.07, 6.45) is 0. The molecule has 0 aliphatic carbocycles. The van der Waals surface area contributed by atoms with Crippen molar-refractivity contribution >= 4 is 5.69 Å². The maximum absolute atomic E-state index is 5.31. The van der Waals surface area contributed by atoms with Gasteiger partial charge >= 0.3 is 0 Å². The fraction of sp³-hybridized carbons (Fsp3) is 0.500. The Labute approximate surface area is 102 Å². The van der Waals surface area contributed by atoms with Crippen LogP contribution in [0.5, 0.6) is 0 Å². The molecule has 0 N–H and O–H groups in total. The van der Waals surface area contributed by atoms with E-state index in [2.05, 4.69) is 0 Å². The van der Waals surface area contributed by atoms with Gasteiger partial charge in [-0.1, -0.05) is 18.2 Å². The molecule has 0 atom stereocenters. The van der Waals surface area contributed by atoms with E-state index in [0.29, 0.717) is 13.5 Å². The molecule has 0 aliphatic rings. The summed E-state index contributed by atoms with van der Waals surface area (Å²) >= 11 is 0. The molecule has 0 saturated heterocycles. The van der Waals surface area contributed by atoms with E-state index in [1.54, 1.807) is 14.2 Å². The molecule has 0 unspecified atom stereocenters. The zero-order valence-corrected chi connectivity index (χ0v) is 10.3. The molecular weight excluding hydrogens is 222 g/mol. The van der Waals surface area contributed by atoms with E-state index < -0.39 is 0 Å². The average Bonchev–Trinajstić information content (AvgIpc) is 2.38. The van der Waals surface area contributed by atoms with Gasteiger partial charge in [-0.05, 0) is 12.1 Å². The van der Waals surface area contributed by atoms with Crippen molar-refractivity contribution < 1.29 is 18.9 Å². The highest BCUT2D eigenvalue weighted by Crippen LogP contribution is 2.12. The lowest BCUT2D eigenvalue weighted by Crippen LogP contribution is -2.29. The van der Waals surface area contributed by atoms with Crippen LogP contribution in [-0.4, -0.2) is 41.3 Å². The van der Waals surface area contributed by atoms with Gasteiger partial charge < -0.3 is 23.8 Å². The van der Waals surface area contributed by atoms with Gasteiger partial charge in [0.25, 0.3) is 0 Å². The largest absolute Gasteiger partial charge is 0.359 e. The standard InChI is InChI=1S/C12H19NO4/c1-14-10-16-8-13(9-17-11-15-2)12-6-4-3-5-7-12/h3-7H,8-11H2,1-2H3. The maximum Gasteiger partial charge on any atom is 0.148 e. The summed E-state index contributed by atoms with van der Waals surface area (Å²) in [4.78, 5) is 1.94. The fourth-order valence-corrected chi connectivity index (χ4v) is 1.29. The molecule has 0 saturated carbocycles. The van der Waals surface area contributed by atoms with Crippen LogP contribution in [0, 0.1) is 0 Å². The number of para-hydroxylation sites is 1. The summed E-state index contributed by atoms with van der Waals surface area (Å²) in [7, 11) is 3.18. The van der Waals surface area contributed by atoms with E-state index >= 15 is 0 Å². The molecule has 0 heterocycles. The number of benzene rings is 1. The highest BCUT2D eigenvalue weighted by atomic mass is 16.7. The van der Waals surface area contributed by atoms with Crippen molar-refractivity contribution in [3.63, 3.8) is 0 Å². The van der Waals surface area contributed by atoms with E-state index in [1.165, 1.54) is 0 Å². The van der Waals surface area contributed by atoms with Crippen LogP contribution in [-0.2, 0) is 18.9 Å². The second-order valence-corrected chi connectivity index (χ2v) is 3.35. The Kier molecular flexibility index (Phi) is 7.33. The van der Waals surface area contributed by atoms with Crippen LogP contribution in [0.3, 0.4) is 0 Å². The fourth-order valence-electron chi connectivity index (χ4n) is 1.29. The van der Waals surface area contributed by atoms with Crippen LogP contribution in [0.4, 0.5) is 5.69 Å². The zero-order valence-electron chi connectivity index (χ0n) is 10.3. The number of ether oxygens (including phenoxy) is 4. The topological polar surface area (TPSA) is 40.2 Å². The lowest BCUT2D eigenvalue weighted by atomic mass is 10.3. The van der Waals surface area contributed by atoms with Crippen molar-refractivity contribution in [3.8, 4) is 0 Å². The van der Waals surface area contributed by atoms with Gasteiger partial charge in [0.15, 0.2) is 0 Å². The van der Waals surface area contributed by atoms with Gasteiger partial charge in [-0.15, -0.1) is 0 Å². The third-order valence-corrected chi connectivity index (χ3v) is 2.02. The Balaban J connectivity index is 2.46. The van der Waals surface area contributed by atoms with Crippen molar-refractivity contribution in [2.75, 3.05) is 46.2 Å². The number of rotatable bonds is 9. The third kappa shape index (κ3) is 5.65. The second kappa shape index (κ2) is 8.95. The van der Waals surface area contributed by atoms with Gasteiger partial charge in [0.05, 0.1) is 0 Å². The molecule has 5 heteroatoms. The van der Waals surface area contributed by atoms with E-state index in [-0.39, 0.29) is 13.6 Å². The molecule has 1 rings (SSSR count). The lowest BCUT2D eigenvalue weighted by molar-refractivity contribution is -0.0552. The molecule has 0 fully saturated rings. The van der Waals surface area contributed by atoms with Crippen LogP contribution in [0.2, 0.25) is 0 Å². The molecule has 1 aromatic rings. The summed E-state index contributed by atoms with van der Waals surface area (Å²) in [5.74, 6) is 0. The minimum absolute atomic E-state index is 0.258. The van der Waals surface area contributed by atoms with Crippen molar-refractivity contribution in [2.45, 2.75) is 0 Å². The molecule has 96 valence electrons. The van der Waals surface area contributed by atoms with Crippen LogP contribution >= 0.6 is 0 Å². The molecule has 1 aromatic carbocycles. The number of hydrogen-bond acceptors (Lipinski definition) is 5. The van der Waals surface area contributed by atoms with Gasteiger partial charge in [0.2, 0.25) is 0 Å². The Hall–Kier alpha value is -1.14. The van der Waals surface area contributed by atoms with E-state index in [0.717, 1.165) is 5.69 Å². The molecule has 0 aliphatic heterocycles. The molecule has 0 spiro atoms. The third-order valence-electron chi connectivity index (χ3n) is 2.02. The normalized spacial score (nSPS) is 10.5. The SMILES string of the molecule is COCOCN(COCOC)c1ccccc1. The average molecular weight is 241 g/mol. The van der Waals surface area contributed by atoms with Crippen molar-refractivity contribution in [1.82, 2.24) is 0 Å². The maximum atomic E-state index is 5.31. The summed E-state index contributed by atoms with van der Waals surface area (Å²) in [6, 6.07) is 9.89. The van der Waals surface area contributed by atoms with Gasteiger partial charge in [0, 0.05) is 19.9 Å². The Morgan fingerprint density at radius 1 is 0.882 bits per heavy atom.